The highest BCUT2D eigenvalue weighted by Gasteiger charge is 2.30. The molecule has 2 heterocycles. The summed E-state index contributed by atoms with van der Waals surface area (Å²) in [6.45, 7) is 4.89. The van der Waals surface area contributed by atoms with E-state index in [0.717, 1.165) is 4.47 Å². The van der Waals surface area contributed by atoms with E-state index >= 15 is 0 Å². The first-order chi connectivity index (χ1) is 10.9. The van der Waals surface area contributed by atoms with Crippen molar-refractivity contribution in [3.05, 3.63) is 22.8 Å². The summed E-state index contributed by atoms with van der Waals surface area (Å²) in [5.41, 5.74) is 5.79. The summed E-state index contributed by atoms with van der Waals surface area (Å²) < 4.78 is 0.866. The largest absolute Gasteiger partial charge is 0.342 e. The summed E-state index contributed by atoms with van der Waals surface area (Å²) in [7, 11) is 0. The fourth-order valence-corrected chi connectivity index (χ4v) is 2.79. The van der Waals surface area contributed by atoms with Gasteiger partial charge in [-0.25, -0.2) is 4.98 Å². The number of rotatable bonds is 4. The van der Waals surface area contributed by atoms with Crippen LogP contribution in [0.25, 0.3) is 0 Å². The molecule has 7 heteroatoms. The number of carbonyl (C=O) groups is 2. The number of pyridine rings is 1. The molecule has 0 bridgehead atoms. The number of halogens is 1. The lowest BCUT2D eigenvalue weighted by molar-refractivity contribution is -0.138. The molecule has 0 aliphatic carbocycles. The van der Waals surface area contributed by atoms with Crippen molar-refractivity contribution in [1.82, 2.24) is 9.88 Å². The van der Waals surface area contributed by atoms with Gasteiger partial charge in [-0.1, -0.05) is 6.92 Å². The van der Waals surface area contributed by atoms with Crippen LogP contribution in [0.1, 0.15) is 26.7 Å². The van der Waals surface area contributed by atoms with Gasteiger partial charge in [0.2, 0.25) is 11.8 Å². The molecule has 0 spiro atoms. The Kier molecular flexibility index (Phi) is 6.12. The van der Waals surface area contributed by atoms with E-state index in [2.05, 4.69) is 26.2 Å². The normalized spacial score (nSPS) is 18.3. The minimum absolute atomic E-state index is 0.0350. The topological polar surface area (TPSA) is 88.3 Å². The molecule has 126 valence electrons. The summed E-state index contributed by atoms with van der Waals surface area (Å²) in [5, 5.41) is 2.83. The van der Waals surface area contributed by atoms with Crippen LogP contribution in [0.15, 0.2) is 22.8 Å². The number of anilines is 1. The highest BCUT2D eigenvalue weighted by Crippen LogP contribution is 2.21. The van der Waals surface area contributed by atoms with Crippen LogP contribution in [0.5, 0.6) is 0 Å². The molecule has 3 N–H and O–H groups in total. The van der Waals surface area contributed by atoms with Crippen LogP contribution in [0, 0.1) is 11.8 Å². The maximum Gasteiger partial charge on any atom is 0.228 e. The van der Waals surface area contributed by atoms with Crippen LogP contribution >= 0.6 is 15.9 Å². The molecule has 2 amide bonds. The van der Waals surface area contributed by atoms with E-state index in [1.807, 2.05) is 24.8 Å². The van der Waals surface area contributed by atoms with Crippen molar-refractivity contribution in [2.24, 2.45) is 17.6 Å². The number of piperidine rings is 1. The SMILES string of the molecule is CC(N)C(C)C(=O)N1CCC(C(=O)Nc2ccc(Br)cn2)CC1. The van der Waals surface area contributed by atoms with Gasteiger partial charge >= 0.3 is 0 Å². The number of hydrogen-bond acceptors (Lipinski definition) is 4. The maximum atomic E-state index is 12.3. The molecule has 0 aromatic carbocycles. The zero-order valence-electron chi connectivity index (χ0n) is 13.5. The maximum absolute atomic E-state index is 12.3. The molecule has 1 aliphatic rings. The number of nitrogens with one attached hydrogen (secondary N) is 1. The molecule has 1 aromatic rings. The third-order valence-corrected chi connectivity index (χ3v) is 4.80. The van der Waals surface area contributed by atoms with Gasteiger partial charge in [0.15, 0.2) is 0 Å². The second-order valence-corrected chi connectivity index (χ2v) is 7.01. The fraction of sp³-hybridized carbons (Fsp3) is 0.562. The molecule has 23 heavy (non-hydrogen) atoms. The number of carbonyl (C=O) groups excluding carboxylic acids is 2. The quantitative estimate of drug-likeness (QED) is 0.833. The molecule has 0 radical (unpaired) electrons. The average Bonchev–Trinajstić information content (AvgIpc) is 2.55. The molecule has 2 atom stereocenters. The van der Waals surface area contributed by atoms with E-state index in [9.17, 15) is 9.59 Å². The number of nitrogens with two attached hydrogens (primary N) is 1. The van der Waals surface area contributed by atoms with E-state index in [-0.39, 0.29) is 29.7 Å². The zero-order chi connectivity index (χ0) is 17.0. The summed E-state index contributed by atoms with van der Waals surface area (Å²) in [6, 6.07) is 3.43. The Balaban J connectivity index is 1.85. The summed E-state index contributed by atoms with van der Waals surface area (Å²) in [5.74, 6) is 0.310. The highest BCUT2D eigenvalue weighted by atomic mass is 79.9. The van der Waals surface area contributed by atoms with Gasteiger partial charge in [0, 0.05) is 35.7 Å². The Bertz CT molecular complexity index is 554. The van der Waals surface area contributed by atoms with Gasteiger partial charge in [-0.15, -0.1) is 0 Å². The van der Waals surface area contributed by atoms with Crippen LogP contribution < -0.4 is 11.1 Å². The average molecular weight is 383 g/mol. The van der Waals surface area contributed by atoms with E-state index in [1.54, 1.807) is 12.3 Å². The minimum Gasteiger partial charge on any atom is -0.342 e. The predicted molar refractivity (Wildman–Crippen MR) is 92.7 cm³/mol. The molecule has 1 aliphatic heterocycles. The van der Waals surface area contributed by atoms with E-state index in [0.29, 0.717) is 31.7 Å². The zero-order valence-corrected chi connectivity index (χ0v) is 15.0. The summed E-state index contributed by atoms with van der Waals surface area (Å²) >= 11 is 3.31. The van der Waals surface area contributed by atoms with Gasteiger partial charge in [-0.3, -0.25) is 9.59 Å². The van der Waals surface area contributed by atoms with Crippen molar-refractivity contribution in [2.75, 3.05) is 18.4 Å². The molecular formula is C16H23BrN4O2. The molecule has 0 saturated carbocycles. The summed E-state index contributed by atoms with van der Waals surface area (Å²) in [4.78, 5) is 30.5. The number of amides is 2. The van der Waals surface area contributed by atoms with E-state index in [1.165, 1.54) is 0 Å². The number of likely N-dealkylation sites (tertiary alicyclic amines) is 1. The van der Waals surface area contributed by atoms with Crippen molar-refractivity contribution in [2.45, 2.75) is 32.7 Å². The Morgan fingerprint density at radius 3 is 2.52 bits per heavy atom. The number of hydrogen-bond donors (Lipinski definition) is 2. The Hall–Kier alpha value is -1.47. The third-order valence-electron chi connectivity index (χ3n) is 4.33. The lowest BCUT2D eigenvalue weighted by Crippen LogP contribution is -2.46. The Morgan fingerprint density at radius 1 is 1.35 bits per heavy atom. The van der Waals surface area contributed by atoms with E-state index < -0.39 is 0 Å². The monoisotopic (exact) mass is 382 g/mol. The van der Waals surface area contributed by atoms with Gasteiger partial charge in [0.05, 0.1) is 5.92 Å². The Morgan fingerprint density at radius 2 is 2.00 bits per heavy atom. The first kappa shape index (κ1) is 17.9. The van der Waals surface area contributed by atoms with Crippen molar-refractivity contribution < 1.29 is 9.59 Å². The standard InChI is InChI=1S/C16H23BrN4O2/c1-10(11(2)18)16(23)21-7-5-12(6-8-21)15(22)20-14-4-3-13(17)9-19-14/h3-4,9-12H,5-8,18H2,1-2H3,(H,19,20,22). The second-order valence-electron chi connectivity index (χ2n) is 6.10. The molecular weight excluding hydrogens is 360 g/mol. The van der Waals surface area contributed by atoms with Crippen molar-refractivity contribution >= 4 is 33.6 Å². The van der Waals surface area contributed by atoms with Gasteiger partial charge in [-0.2, -0.15) is 0 Å². The van der Waals surface area contributed by atoms with Gasteiger partial charge < -0.3 is 16.0 Å². The Labute approximate surface area is 144 Å². The van der Waals surface area contributed by atoms with Crippen molar-refractivity contribution in [1.29, 1.82) is 0 Å². The van der Waals surface area contributed by atoms with Gasteiger partial charge in [0.1, 0.15) is 5.82 Å². The lowest BCUT2D eigenvalue weighted by atomic mass is 9.94. The van der Waals surface area contributed by atoms with Gasteiger partial charge in [0.25, 0.3) is 0 Å². The molecule has 6 nitrogen and oxygen atoms in total. The number of aromatic nitrogens is 1. The van der Waals surface area contributed by atoms with Gasteiger partial charge in [-0.05, 0) is 47.8 Å². The van der Waals surface area contributed by atoms with Crippen molar-refractivity contribution in [3.63, 3.8) is 0 Å². The molecule has 1 saturated heterocycles. The summed E-state index contributed by atoms with van der Waals surface area (Å²) in [6.07, 6.45) is 2.98. The molecule has 1 fully saturated rings. The lowest BCUT2D eigenvalue weighted by Gasteiger charge is -2.33. The van der Waals surface area contributed by atoms with Crippen LogP contribution in [-0.4, -0.2) is 40.8 Å². The van der Waals surface area contributed by atoms with Crippen LogP contribution in [0.2, 0.25) is 0 Å². The van der Waals surface area contributed by atoms with Crippen LogP contribution in [-0.2, 0) is 9.59 Å². The third kappa shape index (κ3) is 4.75. The van der Waals surface area contributed by atoms with Crippen LogP contribution in [0.4, 0.5) is 5.82 Å². The van der Waals surface area contributed by atoms with Crippen LogP contribution in [0.3, 0.4) is 0 Å². The number of nitrogens with zero attached hydrogens (tertiary/aromatic N) is 2. The first-order valence-corrected chi connectivity index (χ1v) is 8.64. The highest BCUT2D eigenvalue weighted by molar-refractivity contribution is 9.10. The predicted octanol–water partition coefficient (Wildman–Crippen LogP) is 2.00. The first-order valence-electron chi connectivity index (χ1n) is 7.85. The fourth-order valence-electron chi connectivity index (χ4n) is 2.55. The smallest absolute Gasteiger partial charge is 0.228 e. The second kappa shape index (κ2) is 7.88. The molecule has 2 rings (SSSR count). The molecule has 2 unspecified atom stereocenters. The van der Waals surface area contributed by atoms with Crippen molar-refractivity contribution in [3.8, 4) is 0 Å². The minimum atomic E-state index is -0.188. The van der Waals surface area contributed by atoms with E-state index in [4.69, 9.17) is 5.73 Å². The molecule has 1 aromatic heterocycles.